The van der Waals surface area contributed by atoms with Crippen molar-refractivity contribution < 1.29 is 18.0 Å². The van der Waals surface area contributed by atoms with Crippen LogP contribution in [0.25, 0.3) is 0 Å². The van der Waals surface area contributed by atoms with Gasteiger partial charge in [0.15, 0.2) is 0 Å². The number of nitrogens with zero attached hydrogens (tertiary/aromatic N) is 2. The molecule has 0 saturated carbocycles. The number of hydrogen-bond acceptors (Lipinski definition) is 4. The van der Waals surface area contributed by atoms with Crippen molar-refractivity contribution in [3.63, 3.8) is 0 Å². The molecule has 0 aliphatic carbocycles. The molecule has 0 aromatic heterocycles. The SMILES string of the molecule is Cc1ccc(Cl)cc1N(CC(=O)N(Cc1ccc(Cl)cc1Cl)C(C)C(=O)NC(C)C)S(=O)(=O)c1ccccc1. The van der Waals surface area contributed by atoms with E-state index in [1.807, 2.05) is 13.8 Å². The van der Waals surface area contributed by atoms with E-state index in [0.717, 1.165) is 4.31 Å². The lowest BCUT2D eigenvalue weighted by atomic mass is 10.1. The molecule has 3 rings (SSSR count). The molecule has 208 valence electrons. The van der Waals surface area contributed by atoms with Crippen molar-refractivity contribution in [3.8, 4) is 0 Å². The second-order valence-corrected chi connectivity index (χ2v) is 12.5. The van der Waals surface area contributed by atoms with Gasteiger partial charge in [-0.15, -0.1) is 0 Å². The first-order valence-corrected chi connectivity index (χ1v) is 14.8. The number of benzene rings is 3. The zero-order valence-corrected chi connectivity index (χ0v) is 25.1. The first kappa shape index (κ1) is 30.8. The summed E-state index contributed by atoms with van der Waals surface area (Å²) in [7, 11) is -4.19. The fraction of sp³-hybridized carbons (Fsp3) is 0.286. The topological polar surface area (TPSA) is 86.8 Å². The van der Waals surface area contributed by atoms with Crippen molar-refractivity contribution in [2.75, 3.05) is 10.8 Å². The number of sulfonamides is 1. The molecule has 2 amide bonds. The van der Waals surface area contributed by atoms with Crippen LogP contribution in [0.5, 0.6) is 0 Å². The molecule has 3 aromatic carbocycles. The van der Waals surface area contributed by atoms with Crippen LogP contribution in [-0.4, -0.2) is 43.8 Å². The Balaban J connectivity index is 2.08. The maximum absolute atomic E-state index is 14.0. The van der Waals surface area contributed by atoms with Crippen LogP contribution in [0, 0.1) is 6.92 Å². The Morgan fingerprint density at radius 2 is 1.51 bits per heavy atom. The van der Waals surface area contributed by atoms with Crippen molar-refractivity contribution >= 4 is 62.3 Å². The molecular weight excluding hydrogens is 581 g/mol. The largest absolute Gasteiger partial charge is 0.352 e. The van der Waals surface area contributed by atoms with Gasteiger partial charge in [0.2, 0.25) is 11.8 Å². The predicted molar refractivity (Wildman–Crippen MR) is 157 cm³/mol. The van der Waals surface area contributed by atoms with Gasteiger partial charge in [-0.25, -0.2) is 8.42 Å². The number of hydrogen-bond donors (Lipinski definition) is 1. The highest BCUT2D eigenvalue weighted by Crippen LogP contribution is 2.30. The van der Waals surface area contributed by atoms with E-state index in [0.29, 0.717) is 26.2 Å². The van der Waals surface area contributed by atoms with Crippen molar-refractivity contribution in [2.45, 2.75) is 51.2 Å². The number of halogens is 3. The van der Waals surface area contributed by atoms with Crippen molar-refractivity contribution in [1.29, 1.82) is 0 Å². The highest BCUT2D eigenvalue weighted by molar-refractivity contribution is 7.92. The summed E-state index contributed by atoms with van der Waals surface area (Å²) in [5, 5.41) is 3.86. The Hall–Kier alpha value is -2.78. The van der Waals surface area contributed by atoms with Crippen molar-refractivity contribution in [1.82, 2.24) is 10.2 Å². The Kier molecular flexibility index (Phi) is 10.3. The smallest absolute Gasteiger partial charge is 0.264 e. The minimum Gasteiger partial charge on any atom is -0.352 e. The highest BCUT2D eigenvalue weighted by Gasteiger charge is 2.33. The van der Waals surface area contributed by atoms with Gasteiger partial charge in [0.1, 0.15) is 12.6 Å². The average Bonchev–Trinajstić information content (AvgIpc) is 2.88. The summed E-state index contributed by atoms with van der Waals surface area (Å²) in [6.45, 7) is 6.30. The van der Waals surface area contributed by atoms with Gasteiger partial charge >= 0.3 is 0 Å². The van der Waals surface area contributed by atoms with E-state index in [-0.39, 0.29) is 29.1 Å². The maximum atomic E-state index is 14.0. The molecule has 0 bridgehead atoms. The van der Waals surface area contributed by atoms with E-state index in [9.17, 15) is 18.0 Å². The summed E-state index contributed by atoms with van der Waals surface area (Å²) >= 11 is 18.7. The molecule has 1 N–H and O–H groups in total. The monoisotopic (exact) mass is 609 g/mol. The molecule has 1 atom stereocenters. The third kappa shape index (κ3) is 7.66. The van der Waals surface area contributed by atoms with Gasteiger partial charge in [-0.1, -0.05) is 65.1 Å². The van der Waals surface area contributed by atoms with Crippen LogP contribution >= 0.6 is 34.8 Å². The Bertz CT molecular complexity index is 1450. The number of anilines is 1. The summed E-state index contributed by atoms with van der Waals surface area (Å²) in [5.74, 6) is -0.994. The van der Waals surface area contributed by atoms with Crippen LogP contribution in [0.3, 0.4) is 0 Å². The van der Waals surface area contributed by atoms with Gasteiger partial charge in [0, 0.05) is 27.7 Å². The summed E-state index contributed by atoms with van der Waals surface area (Å²) in [6.07, 6.45) is 0. The van der Waals surface area contributed by atoms with Crippen LogP contribution < -0.4 is 9.62 Å². The average molecular weight is 611 g/mol. The first-order chi connectivity index (χ1) is 18.3. The third-order valence-corrected chi connectivity index (χ3v) is 8.60. The molecule has 0 heterocycles. The van der Waals surface area contributed by atoms with Crippen LogP contribution in [0.1, 0.15) is 31.9 Å². The van der Waals surface area contributed by atoms with Gasteiger partial charge in [-0.2, -0.15) is 0 Å². The lowest BCUT2D eigenvalue weighted by Crippen LogP contribution is -2.52. The second kappa shape index (κ2) is 13.0. The normalized spacial score (nSPS) is 12.2. The molecule has 0 saturated heterocycles. The van der Waals surface area contributed by atoms with E-state index in [4.69, 9.17) is 34.8 Å². The van der Waals surface area contributed by atoms with Crippen molar-refractivity contribution in [2.24, 2.45) is 0 Å². The number of amides is 2. The van der Waals surface area contributed by atoms with E-state index >= 15 is 0 Å². The number of carbonyl (C=O) groups excluding carboxylic acids is 2. The van der Waals surface area contributed by atoms with E-state index < -0.39 is 28.5 Å². The summed E-state index contributed by atoms with van der Waals surface area (Å²) in [6, 6.07) is 16.4. The summed E-state index contributed by atoms with van der Waals surface area (Å²) in [5.41, 5.74) is 1.41. The van der Waals surface area contributed by atoms with Crippen LogP contribution in [0.4, 0.5) is 5.69 Å². The fourth-order valence-electron chi connectivity index (χ4n) is 3.91. The lowest BCUT2D eigenvalue weighted by Gasteiger charge is -2.33. The Morgan fingerprint density at radius 1 is 0.897 bits per heavy atom. The molecule has 0 radical (unpaired) electrons. The minimum atomic E-state index is -4.19. The number of aryl methyl sites for hydroxylation is 1. The molecule has 39 heavy (non-hydrogen) atoms. The van der Waals surface area contributed by atoms with Gasteiger partial charge in [-0.3, -0.25) is 13.9 Å². The number of rotatable bonds is 10. The molecule has 0 aliphatic heterocycles. The number of nitrogens with one attached hydrogen (secondary N) is 1. The lowest BCUT2D eigenvalue weighted by molar-refractivity contribution is -0.139. The number of carbonyl (C=O) groups is 2. The fourth-order valence-corrected chi connectivity index (χ4v) is 6.03. The molecular formula is C28H30Cl3N3O4S. The van der Waals surface area contributed by atoms with E-state index in [1.165, 1.54) is 23.1 Å². The van der Waals surface area contributed by atoms with Gasteiger partial charge < -0.3 is 10.2 Å². The summed E-state index contributed by atoms with van der Waals surface area (Å²) < 4.78 is 28.7. The molecule has 1 unspecified atom stereocenters. The Labute approximate surface area is 244 Å². The van der Waals surface area contributed by atoms with Gasteiger partial charge in [0.25, 0.3) is 10.0 Å². The quantitative estimate of drug-likeness (QED) is 0.301. The summed E-state index contributed by atoms with van der Waals surface area (Å²) in [4.78, 5) is 28.3. The van der Waals surface area contributed by atoms with E-state index in [1.54, 1.807) is 62.4 Å². The van der Waals surface area contributed by atoms with E-state index in [2.05, 4.69) is 5.32 Å². The molecule has 7 nitrogen and oxygen atoms in total. The maximum Gasteiger partial charge on any atom is 0.264 e. The predicted octanol–water partition coefficient (Wildman–Crippen LogP) is 6.09. The molecule has 3 aromatic rings. The van der Waals surface area contributed by atoms with Gasteiger partial charge in [0.05, 0.1) is 10.6 Å². The molecule has 0 aliphatic rings. The zero-order valence-electron chi connectivity index (χ0n) is 22.0. The first-order valence-electron chi connectivity index (χ1n) is 12.2. The van der Waals surface area contributed by atoms with Crippen LogP contribution in [0.15, 0.2) is 71.6 Å². The highest BCUT2D eigenvalue weighted by atomic mass is 35.5. The standard InChI is InChI=1S/C28H30Cl3N3O4S/c1-18(2)32-28(36)20(4)33(16-21-11-13-22(29)14-25(21)31)27(35)17-34(26-15-23(30)12-10-19(26)3)39(37,38)24-8-6-5-7-9-24/h5-15,18,20H,16-17H2,1-4H3,(H,32,36). The van der Waals surface area contributed by atoms with Crippen LogP contribution in [-0.2, 0) is 26.2 Å². The molecule has 11 heteroatoms. The molecule has 0 fully saturated rings. The second-order valence-electron chi connectivity index (χ2n) is 9.35. The molecule has 0 spiro atoms. The van der Waals surface area contributed by atoms with Crippen molar-refractivity contribution in [3.05, 3.63) is 92.9 Å². The Morgan fingerprint density at radius 3 is 2.13 bits per heavy atom. The zero-order chi connectivity index (χ0) is 28.9. The third-order valence-electron chi connectivity index (χ3n) is 6.00. The minimum absolute atomic E-state index is 0.00932. The van der Waals surface area contributed by atoms with Crippen LogP contribution in [0.2, 0.25) is 15.1 Å². The van der Waals surface area contributed by atoms with Gasteiger partial charge in [-0.05, 0) is 75.2 Å².